The Hall–Kier alpha value is -2.02. The molecule has 0 spiro atoms. The largest absolute Gasteiger partial charge is 0.416 e. The summed E-state index contributed by atoms with van der Waals surface area (Å²) in [6, 6.07) is 8.77. The maximum atomic E-state index is 12.8. The van der Waals surface area contributed by atoms with Gasteiger partial charge >= 0.3 is 6.18 Å². The van der Waals surface area contributed by atoms with Gasteiger partial charge in [0.1, 0.15) is 0 Å². The Labute approximate surface area is 145 Å². The van der Waals surface area contributed by atoms with E-state index >= 15 is 0 Å². The Morgan fingerprint density at radius 1 is 0.960 bits per heavy atom. The van der Waals surface area contributed by atoms with Gasteiger partial charge in [0.25, 0.3) is 10.0 Å². The average molecular weight is 371 g/mol. The number of alkyl halides is 3. The summed E-state index contributed by atoms with van der Waals surface area (Å²) in [5.41, 5.74) is 1.17. The predicted octanol–water partition coefficient (Wildman–Crippen LogP) is 5.11. The summed E-state index contributed by atoms with van der Waals surface area (Å²) in [5.74, 6) is 0. The van der Waals surface area contributed by atoms with Crippen LogP contribution in [0.15, 0.2) is 47.4 Å². The summed E-state index contributed by atoms with van der Waals surface area (Å²) in [7, 11) is -4.11. The highest BCUT2D eigenvalue weighted by Crippen LogP contribution is 2.31. The van der Waals surface area contributed by atoms with Gasteiger partial charge in [-0.15, -0.1) is 0 Å². The van der Waals surface area contributed by atoms with Crippen LogP contribution in [-0.4, -0.2) is 8.42 Å². The van der Waals surface area contributed by atoms with E-state index in [1.165, 1.54) is 0 Å². The molecule has 0 fully saturated rings. The number of nitrogens with one attached hydrogen (secondary N) is 1. The normalized spacial score (nSPS) is 12.9. The molecule has 0 atom stereocenters. The number of anilines is 1. The topological polar surface area (TPSA) is 46.2 Å². The summed E-state index contributed by atoms with van der Waals surface area (Å²) in [6.07, 6.45) is -4.60. The van der Waals surface area contributed by atoms with E-state index in [9.17, 15) is 21.6 Å². The lowest BCUT2D eigenvalue weighted by atomic mass is 9.84. The molecule has 2 aromatic carbocycles. The molecule has 0 aromatic heterocycles. The van der Waals surface area contributed by atoms with Crippen LogP contribution in [0.1, 0.15) is 37.5 Å². The minimum atomic E-state index is -4.60. The Kier molecular flexibility index (Phi) is 4.92. The van der Waals surface area contributed by atoms with Crippen LogP contribution in [0.2, 0.25) is 0 Å². The van der Waals surface area contributed by atoms with E-state index in [1.54, 1.807) is 12.1 Å². The van der Waals surface area contributed by atoms with Crippen molar-refractivity contribution in [3.05, 3.63) is 59.2 Å². The van der Waals surface area contributed by atoms with Crippen molar-refractivity contribution in [3.8, 4) is 0 Å². The number of rotatable bonds is 3. The summed E-state index contributed by atoms with van der Waals surface area (Å²) in [4.78, 5) is -0.431. The molecule has 0 saturated carbocycles. The second-order valence-electron chi connectivity index (χ2n) is 6.91. The Bertz CT molecular complexity index is 882. The second-order valence-corrected chi connectivity index (χ2v) is 8.59. The number of hydrogen-bond donors (Lipinski definition) is 1. The molecule has 0 bridgehead atoms. The van der Waals surface area contributed by atoms with Crippen LogP contribution >= 0.6 is 0 Å². The lowest BCUT2D eigenvalue weighted by molar-refractivity contribution is -0.137. The van der Waals surface area contributed by atoms with Gasteiger partial charge in [-0.3, -0.25) is 4.72 Å². The van der Waals surface area contributed by atoms with Crippen molar-refractivity contribution in [2.45, 2.75) is 44.2 Å². The quantitative estimate of drug-likeness (QED) is 0.815. The monoisotopic (exact) mass is 371 g/mol. The minimum absolute atomic E-state index is 0.0947. The first-order chi connectivity index (χ1) is 11.3. The zero-order valence-electron chi connectivity index (χ0n) is 14.4. The highest BCUT2D eigenvalue weighted by Gasteiger charge is 2.31. The third-order valence-corrected chi connectivity index (χ3v) is 5.14. The van der Waals surface area contributed by atoms with Gasteiger partial charge in [-0.2, -0.15) is 13.2 Å². The van der Waals surface area contributed by atoms with Gasteiger partial charge in [0, 0.05) is 5.69 Å². The predicted molar refractivity (Wildman–Crippen MR) is 92.1 cm³/mol. The number of halogens is 3. The molecule has 25 heavy (non-hydrogen) atoms. The summed E-state index contributed by atoms with van der Waals surface area (Å²) < 4.78 is 65.5. The lowest BCUT2D eigenvalue weighted by Crippen LogP contribution is -2.16. The van der Waals surface area contributed by atoms with E-state index in [4.69, 9.17) is 0 Å². The molecule has 2 rings (SSSR count). The first kappa shape index (κ1) is 19.3. The average Bonchev–Trinajstić information content (AvgIpc) is 2.44. The van der Waals surface area contributed by atoms with Crippen LogP contribution in [0.3, 0.4) is 0 Å². The molecule has 3 nitrogen and oxygen atoms in total. The van der Waals surface area contributed by atoms with Crippen molar-refractivity contribution in [1.82, 2.24) is 0 Å². The van der Waals surface area contributed by atoms with Crippen LogP contribution < -0.4 is 4.72 Å². The van der Waals surface area contributed by atoms with E-state index in [0.29, 0.717) is 11.8 Å². The van der Waals surface area contributed by atoms with E-state index in [-0.39, 0.29) is 5.41 Å². The molecule has 0 aliphatic rings. The zero-order valence-corrected chi connectivity index (χ0v) is 15.2. The molecule has 2 aromatic rings. The van der Waals surface area contributed by atoms with E-state index in [0.717, 1.165) is 29.3 Å². The van der Waals surface area contributed by atoms with Crippen LogP contribution in [0, 0.1) is 6.92 Å². The molecule has 0 amide bonds. The van der Waals surface area contributed by atoms with Crippen molar-refractivity contribution in [2.24, 2.45) is 0 Å². The molecule has 136 valence electrons. The Balaban J connectivity index is 2.35. The fourth-order valence-corrected chi connectivity index (χ4v) is 3.72. The molecule has 7 heteroatoms. The van der Waals surface area contributed by atoms with E-state index in [1.807, 2.05) is 33.8 Å². The van der Waals surface area contributed by atoms with Crippen molar-refractivity contribution < 1.29 is 21.6 Å². The summed E-state index contributed by atoms with van der Waals surface area (Å²) in [6.45, 7) is 7.99. The van der Waals surface area contributed by atoms with Gasteiger partial charge in [0.2, 0.25) is 0 Å². The van der Waals surface area contributed by atoms with E-state index < -0.39 is 26.7 Å². The highest BCUT2D eigenvalue weighted by atomic mass is 32.2. The van der Waals surface area contributed by atoms with Crippen molar-refractivity contribution >= 4 is 15.7 Å². The summed E-state index contributed by atoms with van der Waals surface area (Å²) >= 11 is 0. The Morgan fingerprint density at radius 2 is 1.60 bits per heavy atom. The summed E-state index contributed by atoms with van der Waals surface area (Å²) in [5, 5.41) is 0. The fraction of sp³-hybridized carbons (Fsp3) is 0.333. The van der Waals surface area contributed by atoms with E-state index in [2.05, 4.69) is 4.72 Å². The molecule has 0 aliphatic carbocycles. The van der Waals surface area contributed by atoms with Gasteiger partial charge in [-0.05, 0) is 53.8 Å². The number of sulfonamides is 1. The first-order valence-electron chi connectivity index (χ1n) is 7.62. The molecule has 0 aliphatic heterocycles. The van der Waals surface area contributed by atoms with Crippen molar-refractivity contribution in [2.75, 3.05) is 4.72 Å². The molecule has 0 unspecified atom stereocenters. The van der Waals surface area contributed by atoms with Gasteiger partial charge in [-0.1, -0.05) is 32.9 Å². The maximum Gasteiger partial charge on any atom is 0.416 e. The minimum Gasteiger partial charge on any atom is -0.280 e. The lowest BCUT2D eigenvalue weighted by Gasteiger charge is -2.22. The number of aryl methyl sites for hydroxylation is 1. The number of benzene rings is 2. The highest BCUT2D eigenvalue weighted by molar-refractivity contribution is 7.92. The van der Waals surface area contributed by atoms with Gasteiger partial charge < -0.3 is 0 Å². The van der Waals surface area contributed by atoms with Crippen molar-refractivity contribution in [3.63, 3.8) is 0 Å². The first-order valence-corrected chi connectivity index (χ1v) is 9.10. The van der Waals surface area contributed by atoms with Gasteiger partial charge in [-0.25, -0.2) is 8.42 Å². The Morgan fingerprint density at radius 3 is 2.12 bits per heavy atom. The third kappa shape index (κ3) is 4.54. The van der Waals surface area contributed by atoms with Gasteiger partial charge in [0.05, 0.1) is 10.5 Å². The molecule has 1 N–H and O–H groups in total. The second kappa shape index (κ2) is 6.37. The smallest absolute Gasteiger partial charge is 0.280 e. The zero-order chi connectivity index (χ0) is 19.0. The molecule has 0 heterocycles. The standard InChI is InChI=1S/C18H20F3NO2S/c1-12-10-14(8-9-16(12)17(2,3)4)22-25(23,24)15-7-5-6-13(11-15)18(19,20)21/h5-11,22H,1-4H3. The molecular weight excluding hydrogens is 351 g/mol. The van der Waals surface area contributed by atoms with Crippen LogP contribution in [0.25, 0.3) is 0 Å². The van der Waals surface area contributed by atoms with Crippen LogP contribution in [0.4, 0.5) is 18.9 Å². The SMILES string of the molecule is Cc1cc(NS(=O)(=O)c2cccc(C(F)(F)F)c2)ccc1C(C)(C)C. The van der Waals surface area contributed by atoms with Crippen molar-refractivity contribution in [1.29, 1.82) is 0 Å². The van der Waals surface area contributed by atoms with Crippen LogP contribution in [-0.2, 0) is 21.6 Å². The molecular formula is C18H20F3NO2S. The molecule has 0 radical (unpaired) electrons. The van der Waals surface area contributed by atoms with Crippen LogP contribution in [0.5, 0.6) is 0 Å². The fourth-order valence-electron chi connectivity index (χ4n) is 2.62. The third-order valence-electron chi connectivity index (χ3n) is 3.76. The molecule has 0 saturated heterocycles. The maximum absolute atomic E-state index is 12.8. The number of hydrogen-bond acceptors (Lipinski definition) is 2. The van der Waals surface area contributed by atoms with Gasteiger partial charge in [0.15, 0.2) is 0 Å².